The van der Waals surface area contributed by atoms with E-state index in [2.05, 4.69) is 0 Å². The normalized spacial score (nSPS) is 24.2. The number of carboxylic acid groups (broad SMARTS) is 1. The molecule has 0 saturated heterocycles. The Hall–Kier alpha value is -1.26. The largest absolute Gasteiger partial charge is 0.481 e. The Morgan fingerprint density at radius 1 is 1.18 bits per heavy atom. The van der Waals surface area contributed by atoms with Crippen LogP contribution >= 0.6 is 23.2 Å². The quantitative estimate of drug-likeness (QED) is 0.896. The van der Waals surface area contributed by atoms with Crippen LogP contribution in [0.15, 0.2) is 12.1 Å². The average Bonchev–Trinajstić information content (AvgIpc) is 2.96. The smallest absolute Gasteiger partial charge is 0.306 e. The summed E-state index contributed by atoms with van der Waals surface area (Å²) < 4.78 is 0. The maximum Gasteiger partial charge on any atom is 0.306 e. The molecule has 1 aliphatic carbocycles. The van der Waals surface area contributed by atoms with Gasteiger partial charge >= 0.3 is 5.97 Å². The minimum atomic E-state index is -0.794. The van der Waals surface area contributed by atoms with Gasteiger partial charge in [0.2, 0.25) is 5.91 Å². The summed E-state index contributed by atoms with van der Waals surface area (Å²) in [7, 11) is 0. The number of carbonyl (C=O) groups excluding carboxylic acids is 1. The predicted molar refractivity (Wildman–Crippen MR) is 84.0 cm³/mol. The van der Waals surface area contributed by atoms with Crippen LogP contribution in [-0.2, 0) is 22.6 Å². The number of carboxylic acids is 1. The molecular weight excluding hydrogens is 325 g/mol. The molecule has 0 bridgehead atoms. The van der Waals surface area contributed by atoms with Gasteiger partial charge in [0, 0.05) is 29.1 Å². The Labute approximate surface area is 139 Å². The molecule has 2 aliphatic rings. The second-order valence-corrected chi connectivity index (χ2v) is 6.92. The second-order valence-electron chi connectivity index (χ2n) is 6.08. The van der Waals surface area contributed by atoms with E-state index in [1.165, 1.54) is 0 Å². The van der Waals surface area contributed by atoms with E-state index < -0.39 is 5.97 Å². The number of hydrogen-bond donors (Lipinski definition) is 1. The summed E-state index contributed by atoms with van der Waals surface area (Å²) in [5.41, 5.74) is 2.05. The van der Waals surface area contributed by atoms with Crippen molar-refractivity contribution >= 4 is 35.1 Å². The Bertz CT molecular complexity index is 632. The third kappa shape index (κ3) is 2.95. The van der Waals surface area contributed by atoms with Crippen molar-refractivity contribution < 1.29 is 14.7 Å². The fourth-order valence-electron chi connectivity index (χ4n) is 3.46. The number of rotatable bonds is 2. The fourth-order valence-corrected chi connectivity index (χ4v) is 4.05. The van der Waals surface area contributed by atoms with Crippen molar-refractivity contribution in [1.82, 2.24) is 4.90 Å². The van der Waals surface area contributed by atoms with Gasteiger partial charge in [0.1, 0.15) is 0 Å². The first-order valence-electron chi connectivity index (χ1n) is 7.44. The highest BCUT2D eigenvalue weighted by Crippen LogP contribution is 2.35. The van der Waals surface area contributed by atoms with Crippen molar-refractivity contribution in [2.24, 2.45) is 11.8 Å². The minimum absolute atomic E-state index is 0.0559. The topological polar surface area (TPSA) is 57.6 Å². The summed E-state index contributed by atoms with van der Waals surface area (Å²) in [6.07, 6.45) is 2.43. The number of aliphatic carboxylic acids is 1. The molecule has 1 aromatic rings. The van der Waals surface area contributed by atoms with E-state index in [1.54, 1.807) is 11.0 Å². The average molecular weight is 342 g/mol. The van der Waals surface area contributed by atoms with Gasteiger partial charge in [0.15, 0.2) is 0 Å². The molecule has 118 valence electrons. The van der Waals surface area contributed by atoms with Crippen LogP contribution in [0.2, 0.25) is 10.0 Å². The van der Waals surface area contributed by atoms with Crippen molar-refractivity contribution in [2.75, 3.05) is 6.54 Å². The predicted octanol–water partition coefficient (Wildman–Crippen LogP) is 3.38. The van der Waals surface area contributed by atoms with Crippen LogP contribution < -0.4 is 0 Å². The molecule has 4 nitrogen and oxygen atoms in total. The monoisotopic (exact) mass is 341 g/mol. The fraction of sp³-hybridized carbons (Fsp3) is 0.500. The third-order valence-corrected chi connectivity index (χ3v) is 5.25. The molecule has 1 N–H and O–H groups in total. The molecule has 3 rings (SSSR count). The zero-order chi connectivity index (χ0) is 15.9. The van der Waals surface area contributed by atoms with Gasteiger partial charge in [-0.2, -0.15) is 0 Å². The summed E-state index contributed by atoms with van der Waals surface area (Å²) in [5.74, 6) is -1.29. The molecular formula is C16H17Cl2NO3. The maximum absolute atomic E-state index is 12.6. The molecule has 1 aromatic carbocycles. The van der Waals surface area contributed by atoms with Crippen LogP contribution in [0.1, 0.15) is 30.4 Å². The number of benzene rings is 1. The summed E-state index contributed by atoms with van der Waals surface area (Å²) in [6, 6.07) is 3.60. The van der Waals surface area contributed by atoms with Crippen molar-refractivity contribution in [2.45, 2.75) is 32.2 Å². The van der Waals surface area contributed by atoms with E-state index in [0.29, 0.717) is 42.4 Å². The summed E-state index contributed by atoms with van der Waals surface area (Å²) in [4.78, 5) is 25.5. The molecule has 0 spiro atoms. The summed E-state index contributed by atoms with van der Waals surface area (Å²) in [6.45, 7) is 1.12. The maximum atomic E-state index is 12.6. The molecule has 1 heterocycles. The molecule has 2 atom stereocenters. The van der Waals surface area contributed by atoms with Crippen LogP contribution in [0.4, 0.5) is 0 Å². The molecule has 6 heteroatoms. The molecule has 0 unspecified atom stereocenters. The number of carbonyl (C=O) groups is 2. The Morgan fingerprint density at radius 2 is 1.91 bits per heavy atom. The van der Waals surface area contributed by atoms with Crippen LogP contribution in [0.25, 0.3) is 0 Å². The van der Waals surface area contributed by atoms with Crippen LogP contribution in [0.5, 0.6) is 0 Å². The molecule has 1 saturated carbocycles. The minimum Gasteiger partial charge on any atom is -0.481 e. The Morgan fingerprint density at radius 3 is 2.59 bits per heavy atom. The third-order valence-electron chi connectivity index (χ3n) is 4.70. The lowest BCUT2D eigenvalue weighted by Crippen LogP contribution is -2.39. The number of halogens is 2. The zero-order valence-electron chi connectivity index (χ0n) is 12.0. The molecule has 0 aromatic heterocycles. The first-order valence-corrected chi connectivity index (χ1v) is 8.19. The summed E-state index contributed by atoms with van der Waals surface area (Å²) in [5, 5.41) is 10.3. The van der Waals surface area contributed by atoms with Gasteiger partial charge in [-0.15, -0.1) is 0 Å². The number of hydrogen-bond acceptors (Lipinski definition) is 2. The van der Waals surface area contributed by atoms with Crippen LogP contribution in [0, 0.1) is 11.8 Å². The molecule has 0 radical (unpaired) electrons. The molecule has 22 heavy (non-hydrogen) atoms. The highest BCUT2D eigenvalue weighted by atomic mass is 35.5. The summed E-state index contributed by atoms with van der Waals surface area (Å²) >= 11 is 12.3. The highest BCUT2D eigenvalue weighted by molar-refractivity contribution is 6.35. The standard InChI is InChI=1S/C16H17Cl2NO3/c17-12-6-9-3-4-19(8-13(9)14(18)7-12)15(20)10-1-2-11(5-10)16(21)22/h6-7,10-11H,1-5,8H2,(H,21,22)/t10-,11+/m0/s1. The Balaban J connectivity index is 1.72. The van der Waals surface area contributed by atoms with Gasteiger partial charge in [-0.05, 0) is 48.9 Å². The van der Waals surface area contributed by atoms with E-state index in [0.717, 1.165) is 17.5 Å². The zero-order valence-corrected chi connectivity index (χ0v) is 13.5. The molecule has 1 amide bonds. The van der Waals surface area contributed by atoms with Crippen LogP contribution in [0.3, 0.4) is 0 Å². The lowest BCUT2D eigenvalue weighted by molar-refractivity contribution is -0.141. The van der Waals surface area contributed by atoms with Crippen molar-refractivity contribution in [3.8, 4) is 0 Å². The molecule has 1 fully saturated rings. The first-order chi connectivity index (χ1) is 10.5. The van der Waals surface area contributed by atoms with Crippen molar-refractivity contribution in [3.63, 3.8) is 0 Å². The number of amides is 1. The second kappa shape index (κ2) is 6.09. The highest BCUT2D eigenvalue weighted by Gasteiger charge is 2.36. The van der Waals surface area contributed by atoms with Crippen molar-refractivity contribution in [3.05, 3.63) is 33.3 Å². The van der Waals surface area contributed by atoms with Gasteiger partial charge < -0.3 is 10.0 Å². The van der Waals surface area contributed by atoms with E-state index in [4.69, 9.17) is 28.3 Å². The molecule has 1 aliphatic heterocycles. The number of fused-ring (bicyclic) bond motifs is 1. The first kappa shape index (κ1) is 15.6. The lowest BCUT2D eigenvalue weighted by Gasteiger charge is -2.31. The Kier molecular flexibility index (Phi) is 4.33. The SMILES string of the molecule is O=C(O)[C@@H]1CC[C@H](C(=O)N2CCc3cc(Cl)cc(Cl)c3C2)C1. The van der Waals surface area contributed by atoms with E-state index in [9.17, 15) is 9.59 Å². The number of nitrogens with zero attached hydrogens (tertiary/aromatic N) is 1. The van der Waals surface area contributed by atoms with Crippen LogP contribution in [-0.4, -0.2) is 28.4 Å². The van der Waals surface area contributed by atoms with E-state index in [1.807, 2.05) is 6.07 Å². The van der Waals surface area contributed by atoms with E-state index >= 15 is 0 Å². The van der Waals surface area contributed by atoms with Gasteiger partial charge in [0.05, 0.1) is 5.92 Å². The van der Waals surface area contributed by atoms with Gasteiger partial charge in [-0.3, -0.25) is 9.59 Å². The van der Waals surface area contributed by atoms with Gasteiger partial charge in [-0.25, -0.2) is 0 Å². The van der Waals surface area contributed by atoms with Gasteiger partial charge in [0.25, 0.3) is 0 Å². The van der Waals surface area contributed by atoms with E-state index in [-0.39, 0.29) is 17.7 Å². The van der Waals surface area contributed by atoms with Gasteiger partial charge in [-0.1, -0.05) is 23.2 Å². The van der Waals surface area contributed by atoms with Crippen molar-refractivity contribution in [1.29, 1.82) is 0 Å². The lowest BCUT2D eigenvalue weighted by atomic mass is 9.97.